The molecule has 0 radical (unpaired) electrons. The van der Waals surface area contributed by atoms with Crippen LogP contribution in [0.2, 0.25) is 5.02 Å². The number of rotatable bonds is 7. The van der Waals surface area contributed by atoms with Crippen LogP contribution in [0.3, 0.4) is 0 Å². The van der Waals surface area contributed by atoms with Gasteiger partial charge in [-0.2, -0.15) is 0 Å². The summed E-state index contributed by atoms with van der Waals surface area (Å²) < 4.78 is 0. The van der Waals surface area contributed by atoms with Crippen LogP contribution in [0.1, 0.15) is 28.7 Å². The predicted molar refractivity (Wildman–Crippen MR) is 112 cm³/mol. The Hall–Kier alpha value is -2.95. The van der Waals surface area contributed by atoms with Crippen LogP contribution in [0.5, 0.6) is 0 Å². The van der Waals surface area contributed by atoms with E-state index < -0.39 is 11.0 Å². The predicted octanol–water partition coefficient (Wildman–Crippen LogP) is 5.86. The monoisotopic (exact) mass is 393 g/mol. The molecule has 1 N–H and O–H groups in total. The SMILES string of the molecule is O=[N+]([O-])c1ccc(C(O)C(/C=C\Cc2ccccc2)c2ccc(Cl)cc2)cc1. The summed E-state index contributed by atoms with van der Waals surface area (Å²) >= 11 is 6.00. The van der Waals surface area contributed by atoms with Crippen molar-refractivity contribution in [3.05, 3.63) is 123 Å². The van der Waals surface area contributed by atoms with Crippen molar-refractivity contribution in [1.29, 1.82) is 0 Å². The molecule has 0 aliphatic heterocycles. The number of allylic oxidation sites excluding steroid dienone is 1. The van der Waals surface area contributed by atoms with Crippen LogP contribution < -0.4 is 0 Å². The molecule has 0 amide bonds. The lowest BCUT2D eigenvalue weighted by molar-refractivity contribution is -0.384. The van der Waals surface area contributed by atoms with Gasteiger partial charge in [0, 0.05) is 23.1 Å². The van der Waals surface area contributed by atoms with Crippen LogP contribution in [0, 0.1) is 10.1 Å². The minimum Gasteiger partial charge on any atom is -0.387 e. The van der Waals surface area contributed by atoms with Crippen molar-refractivity contribution >= 4 is 17.3 Å². The number of hydrogen-bond donors (Lipinski definition) is 1. The standard InChI is InChI=1S/C23H20ClNO3/c24-20-13-9-18(10-14-20)22(8-4-7-17-5-2-1-3-6-17)23(26)19-11-15-21(16-12-19)25(27)28/h1-6,8-16,22-23,26H,7H2/b8-4-. The Labute approximate surface area is 168 Å². The first-order valence-corrected chi connectivity index (χ1v) is 9.31. The van der Waals surface area contributed by atoms with Gasteiger partial charge >= 0.3 is 0 Å². The molecule has 5 heteroatoms. The van der Waals surface area contributed by atoms with E-state index in [1.54, 1.807) is 24.3 Å². The molecule has 2 atom stereocenters. The van der Waals surface area contributed by atoms with Crippen LogP contribution in [-0.2, 0) is 6.42 Å². The van der Waals surface area contributed by atoms with E-state index in [-0.39, 0.29) is 11.6 Å². The summed E-state index contributed by atoms with van der Waals surface area (Å²) in [6, 6.07) is 23.4. The first-order chi connectivity index (χ1) is 13.5. The van der Waals surface area contributed by atoms with E-state index >= 15 is 0 Å². The van der Waals surface area contributed by atoms with Crippen molar-refractivity contribution in [2.75, 3.05) is 0 Å². The van der Waals surface area contributed by atoms with E-state index in [0.29, 0.717) is 10.6 Å². The highest BCUT2D eigenvalue weighted by Crippen LogP contribution is 2.33. The van der Waals surface area contributed by atoms with Crippen LogP contribution >= 0.6 is 11.6 Å². The van der Waals surface area contributed by atoms with Gasteiger partial charge in [-0.25, -0.2) is 0 Å². The molecule has 0 aliphatic rings. The van der Waals surface area contributed by atoms with E-state index in [1.807, 2.05) is 54.6 Å². The summed E-state index contributed by atoms with van der Waals surface area (Å²) in [4.78, 5) is 10.4. The number of aliphatic hydroxyl groups excluding tert-OH is 1. The van der Waals surface area contributed by atoms with Crippen molar-refractivity contribution in [3.63, 3.8) is 0 Å². The van der Waals surface area contributed by atoms with Gasteiger partial charge in [0.1, 0.15) is 0 Å². The van der Waals surface area contributed by atoms with Gasteiger partial charge in [0.2, 0.25) is 0 Å². The lowest BCUT2D eigenvalue weighted by Gasteiger charge is -2.21. The first kappa shape index (κ1) is 19.8. The molecule has 0 saturated heterocycles. The minimum absolute atomic E-state index is 0.00128. The Morgan fingerprint density at radius 3 is 2.14 bits per heavy atom. The summed E-state index contributed by atoms with van der Waals surface area (Å²) in [6.07, 6.45) is 3.91. The van der Waals surface area contributed by atoms with Crippen LogP contribution in [-0.4, -0.2) is 10.0 Å². The zero-order valence-corrected chi connectivity index (χ0v) is 15.9. The number of nitro benzene ring substituents is 1. The Morgan fingerprint density at radius 1 is 0.929 bits per heavy atom. The number of benzene rings is 3. The molecule has 3 aromatic carbocycles. The third-order valence-corrected chi connectivity index (χ3v) is 4.83. The lowest BCUT2D eigenvalue weighted by Crippen LogP contribution is -2.09. The second-order valence-electron chi connectivity index (χ2n) is 6.49. The molecular weight excluding hydrogens is 374 g/mol. The summed E-state index contributed by atoms with van der Waals surface area (Å²) in [6.45, 7) is 0. The molecule has 2 unspecified atom stereocenters. The highest BCUT2D eigenvalue weighted by atomic mass is 35.5. The van der Waals surface area contributed by atoms with Crippen LogP contribution in [0.25, 0.3) is 0 Å². The zero-order valence-electron chi connectivity index (χ0n) is 15.1. The molecule has 0 aliphatic carbocycles. The van der Waals surface area contributed by atoms with Gasteiger partial charge in [-0.05, 0) is 47.4 Å². The van der Waals surface area contributed by atoms with Gasteiger partial charge in [0.05, 0.1) is 11.0 Å². The summed E-state index contributed by atoms with van der Waals surface area (Å²) in [5, 5.41) is 22.5. The van der Waals surface area contributed by atoms with Crippen molar-refractivity contribution in [2.45, 2.75) is 18.4 Å². The topological polar surface area (TPSA) is 63.4 Å². The number of nitrogens with zero attached hydrogens (tertiary/aromatic N) is 1. The average Bonchev–Trinajstić information content (AvgIpc) is 2.72. The molecule has 0 saturated carbocycles. The van der Waals surface area contributed by atoms with E-state index in [1.165, 1.54) is 17.7 Å². The fourth-order valence-corrected chi connectivity index (χ4v) is 3.18. The second-order valence-corrected chi connectivity index (χ2v) is 6.93. The highest BCUT2D eigenvalue weighted by Gasteiger charge is 2.21. The second kappa shape index (κ2) is 9.31. The fourth-order valence-electron chi connectivity index (χ4n) is 3.05. The molecule has 0 spiro atoms. The largest absolute Gasteiger partial charge is 0.387 e. The molecule has 0 heterocycles. The van der Waals surface area contributed by atoms with Crippen LogP contribution in [0.15, 0.2) is 91.0 Å². The molecule has 142 valence electrons. The third-order valence-electron chi connectivity index (χ3n) is 4.58. The lowest BCUT2D eigenvalue weighted by atomic mass is 9.88. The molecule has 0 aromatic heterocycles. The molecular formula is C23H20ClNO3. The number of hydrogen-bond acceptors (Lipinski definition) is 3. The normalized spacial score (nSPS) is 13.4. The van der Waals surface area contributed by atoms with E-state index in [2.05, 4.69) is 0 Å². The first-order valence-electron chi connectivity index (χ1n) is 8.93. The summed E-state index contributed by atoms with van der Waals surface area (Å²) in [5.74, 6) is -0.303. The minimum atomic E-state index is -0.839. The Balaban J connectivity index is 1.86. The van der Waals surface area contributed by atoms with Crippen molar-refractivity contribution < 1.29 is 10.0 Å². The van der Waals surface area contributed by atoms with Gasteiger partial charge < -0.3 is 5.11 Å². The van der Waals surface area contributed by atoms with Crippen molar-refractivity contribution in [2.24, 2.45) is 0 Å². The fraction of sp³-hybridized carbons (Fsp3) is 0.130. The Kier molecular flexibility index (Phi) is 6.58. The summed E-state index contributed by atoms with van der Waals surface area (Å²) in [5.41, 5.74) is 2.71. The average molecular weight is 394 g/mol. The van der Waals surface area contributed by atoms with Gasteiger partial charge in [-0.3, -0.25) is 10.1 Å². The molecule has 3 rings (SSSR count). The van der Waals surface area contributed by atoms with Gasteiger partial charge in [-0.15, -0.1) is 0 Å². The van der Waals surface area contributed by atoms with Gasteiger partial charge in [0.15, 0.2) is 0 Å². The highest BCUT2D eigenvalue weighted by molar-refractivity contribution is 6.30. The number of halogens is 1. The molecule has 4 nitrogen and oxygen atoms in total. The Morgan fingerprint density at radius 2 is 1.54 bits per heavy atom. The van der Waals surface area contributed by atoms with Crippen LogP contribution in [0.4, 0.5) is 5.69 Å². The maximum atomic E-state index is 11.0. The molecule has 0 bridgehead atoms. The molecule has 0 fully saturated rings. The number of aliphatic hydroxyl groups is 1. The van der Waals surface area contributed by atoms with E-state index in [0.717, 1.165) is 12.0 Å². The molecule has 28 heavy (non-hydrogen) atoms. The quantitative estimate of drug-likeness (QED) is 0.310. The Bertz CT molecular complexity index is 938. The van der Waals surface area contributed by atoms with E-state index in [9.17, 15) is 15.2 Å². The molecule has 3 aromatic rings. The van der Waals surface area contributed by atoms with Gasteiger partial charge in [-0.1, -0.05) is 66.2 Å². The summed E-state index contributed by atoms with van der Waals surface area (Å²) in [7, 11) is 0. The van der Waals surface area contributed by atoms with Crippen molar-refractivity contribution in [3.8, 4) is 0 Å². The maximum absolute atomic E-state index is 11.0. The van der Waals surface area contributed by atoms with E-state index in [4.69, 9.17) is 11.6 Å². The smallest absolute Gasteiger partial charge is 0.269 e. The van der Waals surface area contributed by atoms with Crippen molar-refractivity contribution in [1.82, 2.24) is 0 Å². The van der Waals surface area contributed by atoms with Gasteiger partial charge in [0.25, 0.3) is 5.69 Å². The number of non-ortho nitro benzene ring substituents is 1. The number of nitro groups is 1. The zero-order chi connectivity index (χ0) is 19.9. The maximum Gasteiger partial charge on any atom is 0.269 e. The third kappa shape index (κ3) is 5.06.